The number of aryl methyl sites for hydroxylation is 2. The van der Waals surface area contributed by atoms with Gasteiger partial charge in [-0.3, -0.25) is 0 Å². The molecule has 6 nitrogen and oxygen atoms in total. The molecular weight excluding hydrogens is 454 g/mol. The van der Waals surface area contributed by atoms with Crippen molar-refractivity contribution in [2.24, 2.45) is 0 Å². The monoisotopic (exact) mass is 477 g/mol. The van der Waals surface area contributed by atoms with E-state index >= 15 is 0 Å². The summed E-state index contributed by atoms with van der Waals surface area (Å²) in [5, 5.41) is 0. The molecule has 0 amide bonds. The smallest absolute Gasteiger partial charge is 0.243 e. The minimum atomic E-state index is -3.54. The fourth-order valence-corrected chi connectivity index (χ4v) is 5.90. The highest BCUT2D eigenvalue weighted by Crippen LogP contribution is 2.26. The van der Waals surface area contributed by atoms with Crippen LogP contribution in [0.1, 0.15) is 16.0 Å². The van der Waals surface area contributed by atoms with Crippen LogP contribution in [0.4, 0.5) is 5.69 Å². The van der Waals surface area contributed by atoms with E-state index in [0.29, 0.717) is 43.0 Å². The third-order valence-corrected chi connectivity index (χ3v) is 8.31. The van der Waals surface area contributed by atoms with Crippen LogP contribution in [0.15, 0.2) is 53.6 Å². The van der Waals surface area contributed by atoms with E-state index in [9.17, 15) is 8.42 Å². The van der Waals surface area contributed by atoms with Gasteiger partial charge in [-0.05, 0) is 55.3 Å². The summed E-state index contributed by atoms with van der Waals surface area (Å²) in [5.74, 6) is 0.600. The molecule has 1 aliphatic heterocycles. The number of halogens is 1. The summed E-state index contributed by atoms with van der Waals surface area (Å²) in [6.07, 6.45) is 1.67. The molecule has 2 aromatic carbocycles. The van der Waals surface area contributed by atoms with Crippen LogP contribution in [0, 0.1) is 13.8 Å². The minimum absolute atomic E-state index is 0.279. The number of anilines is 1. The molecule has 0 saturated carbocycles. The summed E-state index contributed by atoms with van der Waals surface area (Å²) in [5.41, 5.74) is 3.59. The lowest BCUT2D eigenvalue weighted by molar-refractivity contribution is 0.309. The molecule has 0 aliphatic carbocycles. The van der Waals surface area contributed by atoms with Gasteiger partial charge >= 0.3 is 0 Å². The van der Waals surface area contributed by atoms with Crippen molar-refractivity contribution in [3.63, 3.8) is 0 Å². The average Bonchev–Trinajstić information content (AvgIpc) is 3.19. The van der Waals surface area contributed by atoms with Gasteiger partial charge in [-0.25, -0.2) is 13.4 Å². The molecule has 4 rings (SSSR count). The van der Waals surface area contributed by atoms with Gasteiger partial charge in [-0.2, -0.15) is 4.31 Å². The largest absolute Gasteiger partial charge is 0.488 e. The van der Waals surface area contributed by atoms with E-state index in [4.69, 9.17) is 16.3 Å². The Morgan fingerprint density at radius 3 is 2.42 bits per heavy atom. The van der Waals surface area contributed by atoms with Gasteiger partial charge in [-0.15, -0.1) is 11.3 Å². The standard InChI is InChI=1S/C22H24ClN3O3S2/c1-16-3-4-17(2)21(13-16)25-9-11-26(12-10-25)31(27,28)20-7-5-18(6-8-20)29-15-19-14-24-22(23)30-19/h3-8,13-14H,9-12,15H2,1-2H3. The van der Waals surface area contributed by atoms with Crippen LogP contribution in [0.2, 0.25) is 4.47 Å². The first-order chi connectivity index (χ1) is 14.8. The fourth-order valence-electron chi connectivity index (χ4n) is 3.59. The number of ether oxygens (including phenoxy) is 1. The maximum absolute atomic E-state index is 13.1. The van der Waals surface area contributed by atoms with Crippen molar-refractivity contribution in [2.75, 3.05) is 31.1 Å². The third kappa shape index (κ3) is 5.03. The topological polar surface area (TPSA) is 62.7 Å². The normalized spacial score (nSPS) is 15.3. The van der Waals surface area contributed by atoms with Crippen molar-refractivity contribution in [1.29, 1.82) is 0 Å². The Morgan fingerprint density at radius 1 is 1.06 bits per heavy atom. The van der Waals surface area contributed by atoms with Gasteiger partial charge in [0.2, 0.25) is 10.0 Å². The quantitative estimate of drug-likeness (QED) is 0.523. The highest BCUT2D eigenvalue weighted by atomic mass is 35.5. The number of nitrogens with zero attached hydrogens (tertiary/aromatic N) is 3. The molecule has 2 heterocycles. The Hall–Kier alpha value is -2.13. The number of thiazole rings is 1. The zero-order chi connectivity index (χ0) is 22.0. The van der Waals surface area contributed by atoms with Gasteiger partial charge < -0.3 is 9.64 Å². The predicted octanol–water partition coefficient (Wildman–Crippen LogP) is 4.50. The Bertz CT molecular complexity index is 1150. The Morgan fingerprint density at radius 2 is 1.77 bits per heavy atom. The number of rotatable bonds is 6. The molecule has 0 unspecified atom stereocenters. The van der Waals surface area contributed by atoms with E-state index in [1.807, 2.05) is 0 Å². The van der Waals surface area contributed by atoms with Crippen LogP contribution in [0.5, 0.6) is 5.75 Å². The summed E-state index contributed by atoms with van der Waals surface area (Å²) in [6.45, 7) is 6.76. The van der Waals surface area contributed by atoms with Gasteiger partial charge in [0.15, 0.2) is 4.47 Å². The van der Waals surface area contributed by atoms with Crippen molar-refractivity contribution < 1.29 is 13.2 Å². The third-order valence-electron chi connectivity index (χ3n) is 5.31. The molecule has 0 atom stereocenters. The molecule has 0 spiro atoms. The fraction of sp³-hybridized carbons (Fsp3) is 0.318. The summed E-state index contributed by atoms with van der Waals surface area (Å²) < 4.78 is 33.9. The SMILES string of the molecule is Cc1ccc(C)c(N2CCN(S(=O)(=O)c3ccc(OCc4cnc(Cl)s4)cc3)CC2)c1. The number of piperazine rings is 1. The lowest BCUT2D eigenvalue weighted by atomic mass is 10.1. The number of hydrogen-bond acceptors (Lipinski definition) is 6. The summed E-state index contributed by atoms with van der Waals surface area (Å²) in [6, 6.07) is 12.9. The Labute approximate surface area is 192 Å². The second-order valence-corrected chi connectivity index (χ2v) is 11.2. The highest BCUT2D eigenvalue weighted by Gasteiger charge is 2.29. The van der Waals surface area contributed by atoms with E-state index < -0.39 is 10.0 Å². The predicted molar refractivity (Wildman–Crippen MR) is 125 cm³/mol. The van der Waals surface area contributed by atoms with Gasteiger partial charge in [0.25, 0.3) is 0 Å². The van der Waals surface area contributed by atoms with Gasteiger partial charge in [0.05, 0.1) is 9.77 Å². The van der Waals surface area contributed by atoms with Crippen molar-refractivity contribution in [3.8, 4) is 5.75 Å². The van der Waals surface area contributed by atoms with Crippen LogP contribution in [-0.4, -0.2) is 43.9 Å². The molecule has 1 saturated heterocycles. The molecule has 1 fully saturated rings. The van der Waals surface area contributed by atoms with E-state index in [0.717, 1.165) is 4.88 Å². The minimum Gasteiger partial charge on any atom is -0.488 e. The maximum Gasteiger partial charge on any atom is 0.243 e. The van der Waals surface area contributed by atoms with E-state index in [2.05, 4.69) is 41.9 Å². The van der Waals surface area contributed by atoms with E-state index in [-0.39, 0.29) is 4.90 Å². The van der Waals surface area contributed by atoms with Crippen LogP contribution in [0.25, 0.3) is 0 Å². The van der Waals surface area contributed by atoms with E-state index in [1.165, 1.54) is 28.2 Å². The molecule has 1 aromatic heterocycles. The van der Waals surface area contributed by atoms with Crippen molar-refractivity contribution in [2.45, 2.75) is 25.3 Å². The van der Waals surface area contributed by atoms with Crippen molar-refractivity contribution in [3.05, 3.63) is 69.1 Å². The first-order valence-electron chi connectivity index (χ1n) is 9.98. The molecule has 1 aliphatic rings. The molecule has 31 heavy (non-hydrogen) atoms. The average molecular weight is 478 g/mol. The van der Waals surface area contributed by atoms with Crippen molar-refractivity contribution >= 4 is 38.6 Å². The highest BCUT2D eigenvalue weighted by molar-refractivity contribution is 7.89. The molecule has 9 heteroatoms. The summed E-state index contributed by atoms with van der Waals surface area (Å²) in [7, 11) is -3.54. The van der Waals surface area contributed by atoms with Crippen LogP contribution >= 0.6 is 22.9 Å². The molecule has 0 N–H and O–H groups in total. The molecular formula is C22H24ClN3O3S2. The first-order valence-corrected chi connectivity index (χ1v) is 12.6. The number of sulfonamides is 1. The Balaban J connectivity index is 1.39. The van der Waals surface area contributed by atoms with Crippen LogP contribution < -0.4 is 9.64 Å². The van der Waals surface area contributed by atoms with Crippen LogP contribution in [-0.2, 0) is 16.6 Å². The molecule has 3 aromatic rings. The number of aromatic nitrogens is 1. The lowest BCUT2D eigenvalue weighted by Gasteiger charge is -2.36. The summed E-state index contributed by atoms with van der Waals surface area (Å²) in [4.78, 5) is 7.42. The molecule has 164 valence electrons. The molecule has 0 radical (unpaired) electrons. The number of benzene rings is 2. The van der Waals surface area contributed by atoms with E-state index in [1.54, 1.807) is 34.8 Å². The second-order valence-electron chi connectivity index (χ2n) is 7.52. The maximum atomic E-state index is 13.1. The van der Waals surface area contributed by atoms with Gasteiger partial charge in [-0.1, -0.05) is 23.7 Å². The van der Waals surface area contributed by atoms with Gasteiger partial charge in [0, 0.05) is 38.1 Å². The lowest BCUT2D eigenvalue weighted by Crippen LogP contribution is -2.48. The van der Waals surface area contributed by atoms with Crippen molar-refractivity contribution in [1.82, 2.24) is 9.29 Å². The molecule has 0 bridgehead atoms. The zero-order valence-corrected chi connectivity index (χ0v) is 19.8. The first kappa shape index (κ1) is 22.1. The van der Waals surface area contributed by atoms with Crippen LogP contribution in [0.3, 0.4) is 0 Å². The second kappa shape index (κ2) is 9.16. The Kier molecular flexibility index (Phi) is 6.52. The zero-order valence-electron chi connectivity index (χ0n) is 17.4. The summed E-state index contributed by atoms with van der Waals surface area (Å²) >= 11 is 7.18. The van der Waals surface area contributed by atoms with Gasteiger partial charge in [0.1, 0.15) is 12.4 Å². The number of hydrogen-bond donors (Lipinski definition) is 0.